The topological polar surface area (TPSA) is 81.4 Å². The van der Waals surface area contributed by atoms with Gasteiger partial charge in [-0.2, -0.15) is 13.2 Å². The summed E-state index contributed by atoms with van der Waals surface area (Å²) in [6, 6.07) is 6.16. The van der Waals surface area contributed by atoms with Crippen LogP contribution < -0.4 is 15.8 Å². The number of rotatable bonds is 4. The van der Waals surface area contributed by atoms with Gasteiger partial charge in [0.1, 0.15) is 5.56 Å². The van der Waals surface area contributed by atoms with E-state index in [-0.39, 0.29) is 49.4 Å². The van der Waals surface area contributed by atoms with Crippen molar-refractivity contribution in [3.63, 3.8) is 0 Å². The van der Waals surface area contributed by atoms with Crippen LogP contribution in [-0.4, -0.2) is 17.4 Å². The fraction of sp³-hybridized carbons (Fsp3) is 0.125. The molecule has 1 amide bonds. The molecule has 0 atom stereocenters. The number of alkyl halides is 3. The average molecular weight is 439 g/mol. The molecule has 0 spiro atoms. The van der Waals surface area contributed by atoms with Crippen molar-refractivity contribution >= 4 is 58.2 Å². The molecule has 0 saturated heterocycles. The number of carbonyl (C=O) groups is 2. The monoisotopic (exact) mass is 438 g/mol. The number of amides is 1. The first-order valence-electron chi connectivity index (χ1n) is 7.11. The van der Waals surface area contributed by atoms with Gasteiger partial charge in [-0.25, -0.2) is 0 Å². The van der Waals surface area contributed by atoms with Gasteiger partial charge in [0.15, 0.2) is 5.75 Å². The highest BCUT2D eigenvalue weighted by atomic mass is 35.5. The minimum atomic E-state index is -4.42. The third-order valence-electron chi connectivity index (χ3n) is 3.02. The average Bonchev–Trinajstić information content (AvgIpc) is 2.53. The second kappa shape index (κ2) is 8.28. The molecular formula is C16H11Cl2F3N2O3S. The van der Waals surface area contributed by atoms with E-state index in [2.05, 4.69) is 5.32 Å². The quantitative estimate of drug-likeness (QED) is 0.290. The summed E-state index contributed by atoms with van der Waals surface area (Å²) in [6.07, 6.45) is 0. The molecule has 0 aliphatic carbocycles. The van der Waals surface area contributed by atoms with Crippen LogP contribution in [0.25, 0.3) is 0 Å². The Hall–Kier alpha value is -2.10. The Kier molecular flexibility index (Phi) is 6.50. The highest BCUT2D eigenvalue weighted by molar-refractivity contribution is 8.00. The van der Waals surface area contributed by atoms with Gasteiger partial charge in [0.25, 0.3) is 5.91 Å². The zero-order valence-electron chi connectivity index (χ0n) is 13.5. The lowest BCUT2D eigenvalue weighted by Gasteiger charge is -2.14. The second-order valence-corrected chi connectivity index (χ2v) is 7.01. The van der Waals surface area contributed by atoms with E-state index in [4.69, 9.17) is 33.7 Å². The molecule has 0 unspecified atom stereocenters. The first-order valence-corrected chi connectivity index (χ1v) is 8.68. The maximum Gasteiger partial charge on any atom is 0.446 e. The van der Waals surface area contributed by atoms with Crippen molar-refractivity contribution in [3.05, 3.63) is 45.9 Å². The van der Waals surface area contributed by atoms with Crippen LogP contribution in [0.2, 0.25) is 10.0 Å². The first kappa shape index (κ1) is 21.2. The Morgan fingerprint density at radius 3 is 2.30 bits per heavy atom. The summed E-state index contributed by atoms with van der Waals surface area (Å²) in [5.74, 6) is -1.81. The zero-order chi connectivity index (χ0) is 20.4. The number of thioether (sulfide) groups is 1. The van der Waals surface area contributed by atoms with E-state index in [9.17, 15) is 22.8 Å². The SMILES string of the molecule is CC(=O)Oc1c(Cl)cc(N)c(Cl)c1C(=O)Nc1ccc(SC(F)(F)F)cc1. The number of nitrogens with one attached hydrogen (secondary N) is 1. The molecule has 5 nitrogen and oxygen atoms in total. The highest BCUT2D eigenvalue weighted by Gasteiger charge is 2.29. The Labute approximate surface area is 166 Å². The number of anilines is 2. The van der Waals surface area contributed by atoms with Crippen LogP contribution in [-0.2, 0) is 4.79 Å². The predicted molar refractivity (Wildman–Crippen MR) is 98.5 cm³/mol. The Balaban J connectivity index is 2.31. The Bertz CT molecular complexity index is 890. The standard InChI is InChI=1S/C16H11Cl2F3N2O3S/c1-7(24)26-14-10(17)6-11(22)13(18)12(14)15(25)23-8-2-4-9(5-3-8)27-16(19,20)21/h2-6H,22H2,1H3,(H,23,25). The van der Waals surface area contributed by atoms with Crippen LogP contribution in [0.1, 0.15) is 17.3 Å². The van der Waals surface area contributed by atoms with Crippen LogP contribution in [0.4, 0.5) is 24.5 Å². The third-order valence-corrected chi connectivity index (χ3v) is 4.45. The molecule has 0 radical (unpaired) electrons. The normalized spacial score (nSPS) is 11.2. The zero-order valence-corrected chi connectivity index (χ0v) is 15.8. The van der Waals surface area contributed by atoms with E-state index >= 15 is 0 Å². The number of esters is 1. The van der Waals surface area contributed by atoms with Crippen molar-refractivity contribution in [2.45, 2.75) is 17.3 Å². The van der Waals surface area contributed by atoms with Gasteiger partial charge >= 0.3 is 11.5 Å². The van der Waals surface area contributed by atoms with Crippen LogP contribution in [0, 0.1) is 0 Å². The summed E-state index contributed by atoms with van der Waals surface area (Å²) >= 11 is 11.7. The van der Waals surface area contributed by atoms with Gasteiger partial charge in [0.2, 0.25) is 0 Å². The summed E-state index contributed by atoms with van der Waals surface area (Å²) in [4.78, 5) is 23.8. The fourth-order valence-electron chi connectivity index (χ4n) is 2.01. The number of benzene rings is 2. The molecule has 0 bridgehead atoms. The third kappa shape index (κ3) is 5.69. The summed E-state index contributed by atoms with van der Waals surface area (Å²) in [6.45, 7) is 1.11. The van der Waals surface area contributed by atoms with E-state index in [1.54, 1.807) is 0 Å². The predicted octanol–water partition coefficient (Wildman–Crippen LogP) is 5.37. The molecule has 0 aliphatic heterocycles. The molecule has 0 saturated carbocycles. The van der Waals surface area contributed by atoms with Gasteiger partial charge < -0.3 is 15.8 Å². The number of hydrogen-bond donors (Lipinski definition) is 2. The molecule has 144 valence electrons. The fourth-order valence-corrected chi connectivity index (χ4v) is 3.02. The number of hydrogen-bond acceptors (Lipinski definition) is 5. The van der Waals surface area contributed by atoms with E-state index in [0.717, 1.165) is 6.92 Å². The Morgan fingerprint density at radius 1 is 1.19 bits per heavy atom. The summed E-state index contributed by atoms with van der Waals surface area (Å²) < 4.78 is 42.0. The van der Waals surface area contributed by atoms with Crippen LogP contribution in [0.5, 0.6) is 5.75 Å². The lowest BCUT2D eigenvalue weighted by molar-refractivity contribution is -0.131. The summed E-state index contributed by atoms with van der Waals surface area (Å²) in [5.41, 5.74) is 1.17. The van der Waals surface area contributed by atoms with Gasteiger partial charge in [-0.1, -0.05) is 23.2 Å². The molecule has 2 aromatic rings. The Morgan fingerprint density at radius 2 is 1.78 bits per heavy atom. The van der Waals surface area contributed by atoms with E-state index in [1.165, 1.54) is 30.3 Å². The minimum Gasteiger partial charge on any atom is -0.424 e. The maximum absolute atomic E-state index is 12.6. The summed E-state index contributed by atoms with van der Waals surface area (Å²) in [5, 5.41) is 2.15. The van der Waals surface area contributed by atoms with Crippen molar-refractivity contribution in [2.24, 2.45) is 0 Å². The summed E-state index contributed by atoms with van der Waals surface area (Å²) in [7, 11) is 0. The molecule has 0 aromatic heterocycles. The number of ether oxygens (including phenoxy) is 1. The number of halogens is 5. The lowest BCUT2D eigenvalue weighted by Crippen LogP contribution is -2.16. The largest absolute Gasteiger partial charge is 0.446 e. The maximum atomic E-state index is 12.6. The molecule has 2 aromatic carbocycles. The molecule has 2 rings (SSSR count). The molecular weight excluding hydrogens is 428 g/mol. The van der Waals surface area contributed by atoms with Gasteiger partial charge in [0.05, 0.1) is 15.7 Å². The minimum absolute atomic E-state index is 0.0142. The van der Waals surface area contributed by atoms with E-state index in [0.29, 0.717) is 0 Å². The number of nitrogens with two attached hydrogens (primary N) is 1. The van der Waals surface area contributed by atoms with Gasteiger partial charge in [-0.05, 0) is 42.1 Å². The molecule has 3 N–H and O–H groups in total. The van der Waals surface area contributed by atoms with Crippen LogP contribution in [0.3, 0.4) is 0 Å². The number of nitrogen functional groups attached to an aromatic ring is 1. The highest BCUT2D eigenvalue weighted by Crippen LogP contribution is 2.39. The van der Waals surface area contributed by atoms with E-state index < -0.39 is 17.4 Å². The van der Waals surface area contributed by atoms with E-state index in [1.807, 2.05) is 0 Å². The second-order valence-electron chi connectivity index (χ2n) is 5.09. The van der Waals surface area contributed by atoms with Crippen LogP contribution >= 0.6 is 35.0 Å². The van der Waals surface area contributed by atoms with Gasteiger partial charge in [-0.3, -0.25) is 9.59 Å². The molecule has 0 heterocycles. The number of carbonyl (C=O) groups excluding carboxylic acids is 2. The molecule has 11 heteroatoms. The van der Waals surface area contributed by atoms with Crippen molar-refractivity contribution in [3.8, 4) is 5.75 Å². The van der Waals surface area contributed by atoms with Crippen molar-refractivity contribution in [2.75, 3.05) is 11.1 Å². The van der Waals surface area contributed by atoms with Crippen molar-refractivity contribution in [1.29, 1.82) is 0 Å². The first-order chi connectivity index (χ1) is 12.5. The molecule has 0 aliphatic rings. The molecule has 0 fully saturated rings. The van der Waals surface area contributed by atoms with Gasteiger partial charge in [-0.15, -0.1) is 0 Å². The molecule has 27 heavy (non-hydrogen) atoms. The van der Waals surface area contributed by atoms with Gasteiger partial charge in [0, 0.05) is 17.5 Å². The van der Waals surface area contributed by atoms with Crippen molar-refractivity contribution in [1.82, 2.24) is 0 Å². The van der Waals surface area contributed by atoms with Crippen LogP contribution in [0.15, 0.2) is 35.2 Å². The smallest absolute Gasteiger partial charge is 0.424 e. The lowest BCUT2D eigenvalue weighted by atomic mass is 10.1. The van der Waals surface area contributed by atoms with Crippen molar-refractivity contribution < 1.29 is 27.5 Å².